The first-order valence-electron chi connectivity index (χ1n) is 9.00. The molecular formula is C16H29N3O5S. The number of carbonyl (C=O) groups is 2. The number of rotatable bonds is 6. The number of piperazine rings is 1. The number of hydrogen-bond acceptors (Lipinski definition) is 6. The Kier molecular flexibility index (Phi) is 7.06. The smallest absolute Gasteiger partial charge is 0.409 e. The van der Waals surface area contributed by atoms with Crippen molar-refractivity contribution in [3.8, 4) is 0 Å². The fourth-order valence-corrected chi connectivity index (χ4v) is 5.16. The molecule has 0 radical (unpaired) electrons. The van der Waals surface area contributed by atoms with Crippen LogP contribution in [0.2, 0.25) is 0 Å². The molecule has 8 nitrogen and oxygen atoms in total. The molecule has 0 N–H and O–H groups in total. The molecule has 0 saturated carbocycles. The largest absolute Gasteiger partial charge is 0.450 e. The topological polar surface area (TPSA) is 87.2 Å². The van der Waals surface area contributed by atoms with Gasteiger partial charge in [0.25, 0.3) is 0 Å². The number of amides is 2. The molecule has 2 aliphatic rings. The van der Waals surface area contributed by atoms with Crippen LogP contribution in [0, 0.1) is 0 Å². The Bertz CT molecular complexity index is 572. The highest BCUT2D eigenvalue weighted by Crippen LogP contribution is 2.18. The summed E-state index contributed by atoms with van der Waals surface area (Å²) < 4.78 is 28.3. The lowest BCUT2D eigenvalue weighted by Gasteiger charge is -2.34. The molecule has 0 aromatic heterocycles. The van der Waals surface area contributed by atoms with Crippen molar-refractivity contribution in [1.29, 1.82) is 0 Å². The van der Waals surface area contributed by atoms with E-state index in [9.17, 15) is 18.0 Å². The summed E-state index contributed by atoms with van der Waals surface area (Å²) in [7, 11) is -2.99. The van der Waals surface area contributed by atoms with Crippen LogP contribution in [0.25, 0.3) is 0 Å². The lowest BCUT2D eigenvalue weighted by Crippen LogP contribution is -2.50. The highest BCUT2D eigenvalue weighted by Gasteiger charge is 2.34. The minimum atomic E-state index is -2.99. The molecule has 2 rings (SSSR count). The maximum Gasteiger partial charge on any atom is 0.409 e. The van der Waals surface area contributed by atoms with Gasteiger partial charge >= 0.3 is 6.09 Å². The zero-order valence-corrected chi connectivity index (χ0v) is 16.0. The Morgan fingerprint density at radius 3 is 2.36 bits per heavy atom. The average Bonchev–Trinajstić information content (AvgIpc) is 2.94. The van der Waals surface area contributed by atoms with E-state index in [4.69, 9.17) is 4.74 Å². The summed E-state index contributed by atoms with van der Waals surface area (Å²) in [6, 6.07) is -0.178. The van der Waals surface area contributed by atoms with Crippen LogP contribution < -0.4 is 0 Å². The number of hydrogen-bond donors (Lipinski definition) is 0. The lowest BCUT2D eigenvalue weighted by atomic mass is 10.2. The van der Waals surface area contributed by atoms with Crippen molar-refractivity contribution >= 4 is 21.8 Å². The van der Waals surface area contributed by atoms with Crippen molar-refractivity contribution in [2.24, 2.45) is 0 Å². The molecule has 0 spiro atoms. The molecule has 2 amide bonds. The summed E-state index contributed by atoms with van der Waals surface area (Å²) >= 11 is 0. The molecule has 25 heavy (non-hydrogen) atoms. The van der Waals surface area contributed by atoms with Crippen molar-refractivity contribution in [1.82, 2.24) is 14.7 Å². The zero-order chi connectivity index (χ0) is 18.4. The molecule has 0 aromatic carbocycles. The van der Waals surface area contributed by atoms with Crippen molar-refractivity contribution in [2.45, 2.75) is 32.7 Å². The van der Waals surface area contributed by atoms with Crippen LogP contribution in [0.4, 0.5) is 4.79 Å². The van der Waals surface area contributed by atoms with Gasteiger partial charge in [0.1, 0.15) is 0 Å². The quantitative estimate of drug-likeness (QED) is 0.658. The van der Waals surface area contributed by atoms with Gasteiger partial charge in [0.2, 0.25) is 5.91 Å². The first-order valence-corrected chi connectivity index (χ1v) is 10.8. The Morgan fingerprint density at radius 1 is 1.16 bits per heavy atom. The molecule has 2 fully saturated rings. The molecule has 144 valence electrons. The average molecular weight is 375 g/mol. The van der Waals surface area contributed by atoms with E-state index in [1.165, 1.54) is 0 Å². The number of nitrogens with zero attached hydrogens (tertiary/aromatic N) is 3. The standard InChI is InChI=1S/C16H29N3O5S/c1-3-19(14-6-12-25(22,23)13-14)15(20)5-7-17-8-10-18(11-9-17)16(21)24-4-2/h14H,3-13H2,1-2H3. The Balaban J connectivity index is 1.75. The maximum absolute atomic E-state index is 12.5. The molecule has 2 heterocycles. The van der Waals surface area contributed by atoms with Crippen LogP contribution in [0.5, 0.6) is 0 Å². The van der Waals surface area contributed by atoms with E-state index < -0.39 is 9.84 Å². The van der Waals surface area contributed by atoms with Crippen LogP contribution >= 0.6 is 0 Å². The Hall–Kier alpha value is -1.35. The van der Waals surface area contributed by atoms with Crippen LogP contribution in [0.15, 0.2) is 0 Å². The molecular weight excluding hydrogens is 346 g/mol. The summed E-state index contributed by atoms with van der Waals surface area (Å²) in [5, 5.41) is 0. The van der Waals surface area contributed by atoms with E-state index >= 15 is 0 Å². The van der Waals surface area contributed by atoms with Gasteiger partial charge in [0.15, 0.2) is 9.84 Å². The zero-order valence-electron chi connectivity index (χ0n) is 15.1. The number of sulfone groups is 1. The SMILES string of the molecule is CCOC(=O)N1CCN(CCC(=O)N(CC)C2CCS(=O)(=O)C2)CC1. The first kappa shape index (κ1) is 20.0. The van der Waals surface area contributed by atoms with Gasteiger partial charge in [-0.15, -0.1) is 0 Å². The van der Waals surface area contributed by atoms with Gasteiger partial charge in [-0.1, -0.05) is 0 Å². The van der Waals surface area contributed by atoms with Crippen molar-refractivity contribution < 1.29 is 22.7 Å². The van der Waals surface area contributed by atoms with Gasteiger partial charge in [-0.25, -0.2) is 13.2 Å². The second-order valence-electron chi connectivity index (χ2n) is 6.51. The summed E-state index contributed by atoms with van der Waals surface area (Å²) in [4.78, 5) is 29.7. The Morgan fingerprint density at radius 2 is 1.84 bits per heavy atom. The molecule has 0 aromatic rings. The molecule has 9 heteroatoms. The monoisotopic (exact) mass is 375 g/mol. The van der Waals surface area contributed by atoms with Crippen molar-refractivity contribution in [3.05, 3.63) is 0 Å². The highest BCUT2D eigenvalue weighted by molar-refractivity contribution is 7.91. The van der Waals surface area contributed by atoms with Crippen molar-refractivity contribution in [2.75, 3.05) is 57.4 Å². The third kappa shape index (κ3) is 5.57. The second-order valence-corrected chi connectivity index (χ2v) is 8.74. The van der Waals surface area contributed by atoms with E-state index in [0.29, 0.717) is 45.6 Å². The highest BCUT2D eigenvalue weighted by atomic mass is 32.2. The van der Waals surface area contributed by atoms with Crippen LogP contribution in [-0.2, 0) is 19.4 Å². The maximum atomic E-state index is 12.5. The Labute approximate surface area is 150 Å². The molecule has 2 aliphatic heterocycles. The number of ether oxygens (including phenoxy) is 1. The lowest BCUT2D eigenvalue weighted by molar-refractivity contribution is -0.133. The fraction of sp³-hybridized carbons (Fsp3) is 0.875. The third-order valence-corrected chi connectivity index (χ3v) is 6.60. The fourth-order valence-electron chi connectivity index (χ4n) is 3.43. The van der Waals surface area contributed by atoms with Crippen molar-refractivity contribution in [3.63, 3.8) is 0 Å². The summed E-state index contributed by atoms with van der Waals surface area (Å²) in [5.74, 6) is 0.277. The molecule has 0 bridgehead atoms. The normalized spacial score (nSPS) is 23.4. The molecule has 0 aliphatic carbocycles. The summed E-state index contributed by atoms with van der Waals surface area (Å²) in [6.45, 7) is 7.86. The van der Waals surface area contributed by atoms with Gasteiger partial charge in [-0.05, 0) is 20.3 Å². The van der Waals surface area contributed by atoms with Gasteiger partial charge in [0, 0.05) is 51.7 Å². The predicted octanol–water partition coefficient (Wildman–Crippen LogP) is 0.186. The van der Waals surface area contributed by atoms with Gasteiger partial charge in [-0.3, -0.25) is 9.69 Å². The van der Waals surface area contributed by atoms with E-state index in [1.54, 1.807) is 16.7 Å². The second kappa shape index (κ2) is 8.84. The number of carbonyl (C=O) groups excluding carboxylic acids is 2. The van der Waals surface area contributed by atoms with Crippen LogP contribution in [0.1, 0.15) is 26.7 Å². The van der Waals surface area contributed by atoms with Crippen LogP contribution in [0.3, 0.4) is 0 Å². The molecule has 1 unspecified atom stereocenters. The van der Waals surface area contributed by atoms with E-state index in [1.807, 2.05) is 6.92 Å². The van der Waals surface area contributed by atoms with E-state index in [0.717, 1.165) is 13.1 Å². The van der Waals surface area contributed by atoms with Crippen LogP contribution in [-0.4, -0.2) is 98.5 Å². The van der Waals surface area contributed by atoms with Gasteiger partial charge in [-0.2, -0.15) is 0 Å². The molecule has 1 atom stereocenters. The van der Waals surface area contributed by atoms with Gasteiger partial charge < -0.3 is 14.5 Å². The summed E-state index contributed by atoms with van der Waals surface area (Å²) in [6.07, 6.45) is 0.641. The van der Waals surface area contributed by atoms with E-state index in [2.05, 4.69) is 4.90 Å². The third-order valence-electron chi connectivity index (χ3n) is 4.85. The minimum Gasteiger partial charge on any atom is -0.450 e. The van der Waals surface area contributed by atoms with E-state index in [-0.39, 0.29) is 29.5 Å². The van der Waals surface area contributed by atoms with Gasteiger partial charge in [0.05, 0.1) is 18.1 Å². The predicted molar refractivity (Wildman–Crippen MR) is 94.1 cm³/mol. The first-order chi connectivity index (χ1) is 11.9. The summed E-state index contributed by atoms with van der Waals surface area (Å²) in [5.41, 5.74) is 0. The minimum absolute atomic E-state index is 0.0115. The molecule has 2 saturated heterocycles.